The number of nitrogens with zero attached hydrogens (tertiary/aromatic N) is 3. The molecule has 1 unspecified atom stereocenters. The van der Waals surface area contributed by atoms with Gasteiger partial charge >= 0.3 is 0 Å². The third-order valence-corrected chi connectivity index (χ3v) is 3.78. The van der Waals surface area contributed by atoms with Crippen LogP contribution in [0.4, 0.5) is 5.69 Å². The lowest BCUT2D eigenvalue weighted by molar-refractivity contribution is -0.115. The molecule has 0 saturated heterocycles. The van der Waals surface area contributed by atoms with Gasteiger partial charge in [0.25, 0.3) is 5.56 Å². The number of nitrogens with one attached hydrogen (secondary N) is 2. The zero-order valence-corrected chi connectivity index (χ0v) is 12.8. The lowest BCUT2D eigenvalue weighted by atomic mass is 10.2. The second-order valence-electron chi connectivity index (χ2n) is 4.45. The summed E-state index contributed by atoms with van der Waals surface area (Å²) in [4.78, 5) is 26.2. The number of hydrogen-bond acceptors (Lipinski definition) is 6. The zero-order valence-electron chi connectivity index (χ0n) is 12.0. The van der Waals surface area contributed by atoms with E-state index in [0.717, 1.165) is 11.8 Å². The van der Waals surface area contributed by atoms with E-state index in [1.807, 2.05) is 6.07 Å². The number of H-pyrrole nitrogens is 1. The molecule has 2 aromatic rings. The van der Waals surface area contributed by atoms with Crippen molar-refractivity contribution < 1.29 is 4.79 Å². The predicted octanol–water partition coefficient (Wildman–Crippen LogP) is 1.46. The van der Waals surface area contributed by atoms with Crippen molar-refractivity contribution in [3.05, 3.63) is 45.9 Å². The normalized spacial score (nSPS) is 11.5. The molecule has 1 aromatic carbocycles. The fraction of sp³-hybridized carbons (Fsp3) is 0.214. The highest BCUT2D eigenvalue weighted by molar-refractivity contribution is 8.00. The van der Waals surface area contributed by atoms with Crippen LogP contribution in [0.5, 0.6) is 0 Å². The molecule has 1 atom stereocenters. The molecule has 1 heterocycles. The Labute approximate surface area is 130 Å². The van der Waals surface area contributed by atoms with Crippen LogP contribution in [0.15, 0.2) is 34.2 Å². The zero-order chi connectivity index (χ0) is 16.1. The van der Waals surface area contributed by atoms with E-state index >= 15 is 0 Å². The van der Waals surface area contributed by atoms with E-state index in [-0.39, 0.29) is 22.3 Å². The third kappa shape index (κ3) is 3.71. The highest BCUT2D eigenvalue weighted by Gasteiger charge is 2.17. The van der Waals surface area contributed by atoms with Gasteiger partial charge < -0.3 is 5.32 Å². The standard InChI is InChI=1S/C14H13N5O2S/c1-8-12(20)17-14(19-18-8)22-9(2)13(21)16-11-6-4-3-5-10(11)7-15/h3-6,9H,1-2H3,(H,16,21)(H,17,19,20). The van der Waals surface area contributed by atoms with Gasteiger partial charge in [0.2, 0.25) is 5.91 Å². The van der Waals surface area contributed by atoms with Crippen molar-refractivity contribution in [1.82, 2.24) is 15.2 Å². The topological polar surface area (TPSA) is 112 Å². The Hall–Kier alpha value is -2.66. The fourth-order valence-electron chi connectivity index (χ4n) is 1.58. The number of aromatic nitrogens is 3. The van der Waals surface area contributed by atoms with E-state index in [1.54, 1.807) is 38.1 Å². The molecular weight excluding hydrogens is 302 g/mol. The number of thioether (sulfide) groups is 1. The molecule has 0 radical (unpaired) electrons. The second kappa shape index (κ2) is 6.87. The van der Waals surface area contributed by atoms with E-state index in [1.165, 1.54) is 0 Å². The summed E-state index contributed by atoms with van der Waals surface area (Å²) in [5, 5.41) is 19.0. The first-order valence-electron chi connectivity index (χ1n) is 6.41. The van der Waals surface area contributed by atoms with Crippen molar-refractivity contribution in [3.8, 4) is 6.07 Å². The molecule has 0 aliphatic rings. The first kappa shape index (κ1) is 15.7. The van der Waals surface area contributed by atoms with Gasteiger partial charge in [0, 0.05) is 0 Å². The maximum Gasteiger partial charge on any atom is 0.273 e. The average Bonchev–Trinajstić information content (AvgIpc) is 2.51. The Kier molecular flexibility index (Phi) is 4.91. The van der Waals surface area contributed by atoms with Gasteiger partial charge in [0.15, 0.2) is 5.16 Å². The Morgan fingerprint density at radius 2 is 2.14 bits per heavy atom. The van der Waals surface area contributed by atoms with E-state index in [4.69, 9.17) is 5.26 Å². The summed E-state index contributed by atoms with van der Waals surface area (Å²) in [5.74, 6) is -0.295. The van der Waals surface area contributed by atoms with Gasteiger partial charge in [0.1, 0.15) is 11.8 Å². The van der Waals surface area contributed by atoms with Gasteiger partial charge in [-0.25, -0.2) is 0 Å². The number of carbonyl (C=O) groups is 1. The van der Waals surface area contributed by atoms with Crippen molar-refractivity contribution in [3.63, 3.8) is 0 Å². The first-order valence-corrected chi connectivity index (χ1v) is 7.29. The number of nitriles is 1. The summed E-state index contributed by atoms with van der Waals surface area (Å²) in [6.45, 7) is 3.23. The van der Waals surface area contributed by atoms with Crippen LogP contribution in [-0.2, 0) is 4.79 Å². The van der Waals surface area contributed by atoms with Crippen LogP contribution in [-0.4, -0.2) is 26.3 Å². The quantitative estimate of drug-likeness (QED) is 0.826. The highest BCUT2D eigenvalue weighted by atomic mass is 32.2. The largest absolute Gasteiger partial charge is 0.324 e. The molecule has 2 N–H and O–H groups in total. The lowest BCUT2D eigenvalue weighted by Gasteiger charge is -2.11. The monoisotopic (exact) mass is 315 g/mol. The summed E-state index contributed by atoms with van der Waals surface area (Å²) in [5.41, 5.74) is 0.770. The van der Waals surface area contributed by atoms with Gasteiger partial charge in [-0.15, -0.1) is 10.2 Å². The molecular formula is C14H13N5O2S. The molecule has 0 spiro atoms. The van der Waals surface area contributed by atoms with Crippen LogP contribution in [0, 0.1) is 18.3 Å². The minimum absolute atomic E-state index is 0.268. The van der Waals surface area contributed by atoms with Crippen LogP contribution < -0.4 is 10.9 Å². The molecule has 22 heavy (non-hydrogen) atoms. The predicted molar refractivity (Wildman–Crippen MR) is 82.5 cm³/mol. The molecule has 8 heteroatoms. The van der Waals surface area contributed by atoms with E-state index < -0.39 is 5.25 Å². The van der Waals surface area contributed by atoms with Gasteiger partial charge in [-0.1, -0.05) is 23.9 Å². The Morgan fingerprint density at radius 1 is 1.41 bits per heavy atom. The second-order valence-corrected chi connectivity index (χ2v) is 5.78. The van der Waals surface area contributed by atoms with Crippen LogP contribution in [0.2, 0.25) is 0 Å². The number of anilines is 1. The van der Waals surface area contributed by atoms with E-state index in [9.17, 15) is 9.59 Å². The molecule has 0 bridgehead atoms. The molecule has 7 nitrogen and oxygen atoms in total. The van der Waals surface area contributed by atoms with Gasteiger partial charge in [-0.2, -0.15) is 5.26 Å². The number of carbonyl (C=O) groups excluding carboxylic acids is 1. The Bertz CT molecular complexity index is 796. The SMILES string of the molecule is Cc1nnc(SC(C)C(=O)Nc2ccccc2C#N)[nH]c1=O. The van der Waals surface area contributed by atoms with E-state index in [0.29, 0.717) is 11.3 Å². The number of hydrogen-bond donors (Lipinski definition) is 2. The minimum atomic E-state index is -0.514. The Morgan fingerprint density at radius 3 is 2.82 bits per heavy atom. The molecule has 0 fully saturated rings. The number of aryl methyl sites for hydroxylation is 1. The molecule has 0 aliphatic heterocycles. The van der Waals surface area contributed by atoms with Crippen molar-refractivity contribution in [1.29, 1.82) is 5.26 Å². The van der Waals surface area contributed by atoms with Crippen LogP contribution in [0.25, 0.3) is 0 Å². The molecule has 0 saturated carbocycles. The highest BCUT2D eigenvalue weighted by Crippen LogP contribution is 2.20. The van der Waals surface area contributed by atoms with Crippen LogP contribution in [0.1, 0.15) is 18.2 Å². The molecule has 2 rings (SSSR count). The minimum Gasteiger partial charge on any atom is -0.324 e. The molecule has 112 valence electrons. The van der Waals surface area contributed by atoms with Crippen molar-refractivity contribution >= 4 is 23.4 Å². The maximum atomic E-state index is 12.2. The summed E-state index contributed by atoms with van der Waals surface area (Å²) in [7, 11) is 0. The summed E-state index contributed by atoms with van der Waals surface area (Å²) in [6.07, 6.45) is 0. The van der Waals surface area contributed by atoms with Crippen molar-refractivity contribution in [2.75, 3.05) is 5.32 Å². The Balaban J connectivity index is 2.08. The summed E-state index contributed by atoms with van der Waals surface area (Å²) >= 11 is 1.08. The van der Waals surface area contributed by atoms with Gasteiger partial charge in [-0.3, -0.25) is 14.6 Å². The first-order chi connectivity index (χ1) is 10.5. The summed E-state index contributed by atoms with van der Waals surface area (Å²) < 4.78 is 0. The maximum absolute atomic E-state index is 12.2. The number of amides is 1. The van der Waals surface area contributed by atoms with Crippen molar-refractivity contribution in [2.24, 2.45) is 0 Å². The molecule has 1 aromatic heterocycles. The van der Waals surface area contributed by atoms with Gasteiger partial charge in [-0.05, 0) is 26.0 Å². The van der Waals surface area contributed by atoms with E-state index in [2.05, 4.69) is 20.5 Å². The number of rotatable bonds is 4. The number of para-hydroxylation sites is 1. The van der Waals surface area contributed by atoms with Crippen molar-refractivity contribution in [2.45, 2.75) is 24.3 Å². The fourth-order valence-corrected chi connectivity index (χ4v) is 2.32. The van der Waals surface area contributed by atoms with Gasteiger partial charge in [0.05, 0.1) is 16.5 Å². The smallest absolute Gasteiger partial charge is 0.273 e. The summed E-state index contributed by atoms with van der Waals surface area (Å²) in [6, 6.07) is 8.74. The average molecular weight is 315 g/mol. The number of benzene rings is 1. The lowest BCUT2D eigenvalue weighted by Crippen LogP contribution is -2.24. The van der Waals surface area contributed by atoms with Crippen LogP contribution >= 0.6 is 11.8 Å². The molecule has 0 aliphatic carbocycles. The third-order valence-electron chi connectivity index (χ3n) is 2.80. The number of aromatic amines is 1. The van der Waals surface area contributed by atoms with Crippen LogP contribution in [0.3, 0.4) is 0 Å². The molecule has 1 amide bonds.